The first-order chi connectivity index (χ1) is 8.79. The first kappa shape index (κ1) is 13.9. The monoisotopic (exact) mass is 267 g/mol. The third-order valence-electron chi connectivity index (χ3n) is 3.50. The van der Waals surface area contributed by atoms with Crippen molar-refractivity contribution in [3.63, 3.8) is 0 Å². The van der Waals surface area contributed by atoms with Crippen LogP contribution in [-0.2, 0) is 11.2 Å². The Morgan fingerprint density at radius 2 is 2.11 bits per heavy atom. The highest BCUT2D eigenvalue weighted by atomic mass is 35.5. The summed E-state index contributed by atoms with van der Waals surface area (Å²) in [7, 11) is 0. The van der Waals surface area contributed by atoms with E-state index in [0.717, 1.165) is 24.6 Å². The Hall–Kier alpha value is -0.570. The molecular weight excluding hydrogens is 246 g/mol. The highest BCUT2D eigenvalue weighted by Crippen LogP contribution is 2.19. The summed E-state index contributed by atoms with van der Waals surface area (Å²) in [4.78, 5) is 0. The number of likely N-dealkylation sites (N-methyl/N-ethyl adjacent to an activating group) is 1. The van der Waals surface area contributed by atoms with E-state index in [1.165, 1.54) is 24.8 Å². The van der Waals surface area contributed by atoms with Crippen molar-refractivity contribution in [3.8, 4) is 0 Å². The fourth-order valence-corrected chi connectivity index (χ4v) is 2.68. The molecule has 0 saturated carbocycles. The topological polar surface area (TPSA) is 21.3 Å². The van der Waals surface area contributed by atoms with Crippen LogP contribution < -0.4 is 5.32 Å². The minimum Gasteiger partial charge on any atom is -0.377 e. The molecule has 0 spiro atoms. The highest BCUT2D eigenvalue weighted by molar-refractivity contribution is 6.30. The van der Waals surface area contributed by atoms with Gasteiger partial charge >= 0.3 is 0 Å². The van der Waals surface area contributed by atoms with Crippen LogP contribution >= 0.6 is 11.6 Å². The molecule has 1 heterocycles. The summed E-state index contributed by atoms with van der Waals surface area (Å²) < 4.78 is 5.90. The Morgan fingerprint density at radius 3 is 2.72 bits per heavy atom. The summed E-state index contributed by atoms with van der Waals surface area (Å²) in [6.45, 7) is 4.04. The van der Waals surface area contributed by atoms with Crippen LogP contribution in [0.25, 0.3) is 0 Å². The molecule has 18 heavy (non-hydrogen) atoms. The molecule has 3 heteroatoms. The third kappa shape index (κ3) is 3.98. The van der Waals surface area contributed by atoms with E-state index in [9.17, 15) is 0 Å². The van der Waals surface area contributed by atoms with Gasteiger partial charge in [-0.05, 0) is 49.9 Å². The molecule has 1 fully saturated rings. The number of nitrogens with one attached hydrogen (secondary N) is 1. The van der Waals surface area contributed by atoms with E-state index in [2.05, 4.69) is 24.4 Å². The second-order valence-corrected chi connectivity index (χ2v) is 5.34. The molecule has 2 rings (SSSR count). The molecule has 1 N–H and O–H groups in total. The Labute approximate surface area is 115 Å². The molecule has 0 bridgehead atoms. The average Bonchev–Trinajstić information content (AvgIpc) is 2.42. The Kier molecular flexibility index (Phi) is 5.48. The molecule has 100 valence electrons. The number of hydrogen-bond donors (Lipinski definition) is 1. The molecule has 2 atom stereocenters. The van der Waals surface area contributed by atoms with Crippen LogP contribution in [0.15, 0.2) is 24.3 Å². The Bertz CT molecular complexity index is 346. The molecule has 0 aromatic heterocycles. The smallest absolute Gasteiger partial charge is 0.0731 e. The third-order valence-corrected chi connectivity index (χ3v) is 3.75. The SMILES string of the molecule is CCNC(Cc1ccc(Cl)cc1)C1CCCCO1. The summed E-state index contributed by atoms with van der Waals surface area (Å²) in [6.07, 6.45) is 5.03. The lowest BCUT2D eigenvalue weighted by Gasteiger charge is -2.31. The number of hydrogen-bond acceptors (Lipinski definition) is 2. The van der Waals surface area contributed by atoms with Gasteiger partial charge in [0.2, 0.25) is 0 Å². The molecule has 1 aliphatic heterocycles. The molecule has 1 aromatic rings. The first-order valence-corrected chi connectivity index (χ1v) is 7.27. The van der Waals surface area contributed by atoms with Crippen LogP contribution in [-0.4, -0.2) is 25.3 Å². The molecule has 2 nitrogen and oxygen atoms in total. The quantitative estimate of drug-likeness (QED) is 0.883. The van der Waals surface area contributed by atoms with Crippen molar-refractivity contribution in [1.29, 1.82) is 0 Å². The largest absolute Gasteiger partial charge is 0.377 e. The second-order valence-electron chi connectivity index (χ2n) is 4.90. The lowest BCUT2D eigenvalue weighted by atomic mass is 9.96. The van der Waals surface area contributed by atoms with Crippen LogP contribution in [0.3, 0.4) is 0 Å². The van der Waals surface area contributed by atoms with Gasteiger partial charge in [0.25, 0.3) is 0 Å². The van der Waals surface area contributed by atoms with Crippen molar-refractivity contribution in [3.05, 3.63) is 34.9 Å². The van der Waals surface area contributed by atoms with E-state index in [0.29, 0.717) is 12.1 Å². The van der Waals surface area contributed by atoms with E-state index in [4.69, 9.17) is 16.3 Å². The van der Waals surface area contributed by atoms with Crippen LogP contribution in [0, 0.1) is 0 Å². The van der Waals surface area contributed by atoms with Gasteiger partial charge in [0.15, 0.2) is 0 Å². The van der Waals surface area contributed by atoms with Crippen LogP contribution in [0.2, 0.25) is 5.02 Å². The van der Waals surface area contributed by atoms with Crippen molar-refractivity contribution in [1.82, 2.24) is 5.32 Å². The van der Waals surface area contributed by atoms with E-state index in [1.54, 1.807) is 0 Å². The summed E-state index contributed by atoms with van der Waals surface area (Å²) in [5.41, 5.74) is 1.32. The summed E-state index contributed by atoms with van der Waals surface area (Å²) in [5, 5.41) is 4.36. The van der Waals surface area contributed by atoms with Gasteiger partial charge in [0, 0.05) is 17.7 Å². The van der Waals surface area contributed by atoms with Crippen molar-refractivity contribution in [2.45, 2.75) is 44.8 Å². The van der Waals surface area contributed by atoms with Crippen LogP contribution in [0.1, 0.15) is 31.7 Å². The molecular formula is C15H22ClNO. The fraction of sp³-hybridized carbons (Fsp3) is 0.600. The lowest BCUT2D eigenvalue weighted by Crippen LogP contribution is -2.44. The van der Waals surface area contributed by atoms with Gasteiger partial charge in [-0.15, -0.1) is 0 Å². The second kappa shape index (κ2) is 7.13. The van der Waals surface area contributed by atoms with Gasteiger partial charge in [-0.25, -0.2) is 0 Å². The van der Waals surface area contributed by atoms with Gasteiger partial charge in [-0.3, -0.25) is 0 Å². The van der Waals surface area contributed by atoms with Gasteiger partial charge in [0.05, 0.1) is 6.10 Å². The molecule has 0 aliphatic carbocycles. The normalized spacial score (nSPS) is 21.8. The summed E-state index contributed by atoms with van der Waals surface area (Å²) in [6, 6.07) is 8.55. The van der Waals surface area contributed by atoms with E-state index in [1.807, 2.05) is 12.1 Å². The Morgan fingerprint density at radius 1 is 1.33 bits per heavy atom. The average molecular weight is 268 g/mol. The predicted octanol–water partition coefficient (Wildman–Crippen LogP) is 3.43. The number of benzene rings is 1. The molecule has 2 unspecified atom stereocenters. The molecule has 1 aliphatic rings. The Balaban J connectivity index is 1.98. The standard InChI is InChI=1S/C15H22ClNO/c1-2-17-14(15-5-3-4-10-18-15)11-12-6-8-13(16)9-7-12/h6-9,14-15,17H,2-5,10-11H2,1H3. The maximum atomic E-state index is 5.92. The minimum absolute atomic E-state index is 0.356. The predicted molar refractivity (Wildman–Crippen MR) is 76.2 cm³/mol. The minimum atomic E-state index is 0.356. The van der Waals surface area contributed by atoms with Crippen LogP contribution in [0.4, 0.5) is 0 Å². The number of ether oxygens (including phenoxy) is 1. The van der Waals surface area contributed by atoms with Crippen LogP contribution in [0.5, 0.6) is 0 Å². The molecule has 1 saturated heterocycles. The van der Waals surface area contributed by atoms with Gasteiger partial charge in [0.1, 0.15) is 0 Å². The van der Waals surface area contributed by atoms with Gasteiger partial charge in [-0.2, -0.15) is 0 Å². The number of halogens is 1. The maximum Gasteiger partial charge on any atom is 0.0731 e. The van der Waals surface area contributed by atoms with Crippen molar-refractivity contribution in [2.24, 2.45) is 0 Å². The molecule has 1 aromatic carbocycles. The van der Waals surface area contributed by atoms with Crippen molar-refractivity contribution in [2.75, 3.05) is 13.2 Å². The van der Waals surface area contributed by atoms with E-state index >= 15 is 0 Å². The zero-order valence-corrected chi connectivity index (χ0v) is 11.7. The van der Waals surface area contributed by atoms with E-state index in [-0.39, 0.29) is 0 Å². The molecule has 0 amide bonds. The van der Waals surface area contributed by atoms with Crippen molar-refractivity contribution >= 4 is 11.6 Å². The zero-order valence-electron chi connectivity index (χ0n) is 11.0. The summed E-state index contributed by atoms with van der Waals surface area (Å²) >= 11 is 5.92. The molecule has 0 radical (unpaired) electrons. The van der Waals surface area contributed by atoms with E-state index < -0.39 is 0 Å². The summed E-state index contributed by atoms with van der Waals surface area (Å²) in [5.74, 6) is 0. The van der Waals surface area contributed by atoms with Gasteiger partial charge in [-0.1, -0.05) is 30.7 Å². The number of rotatable bonds is 5. The zero-order chi connectivity index (χ0) is 12.8. The van der Waals surface area contributed by atoms with Crippen molar-refractivity contribution < 1.29 is 4.74 Å². The fourth-order valence-electron chi connectivity index (χ4n) is 2.55. The first-order valence-electron chi connectivity index (χ1n) is 6.89. The van der Waals surface area contributed by atoms with Gasteiger partial charge < -0.3 is 10.1 Å². The lowest BCUT2D eigenvalue weighted by molar-refractivity contribution is -0.00709. The highest BCUT2D eigenvalue weighted by Gasteiger charge is 2.23. The maximum absolute atomic E-state index is 5.92.